The maximum atomic E-state index is 12.0. The standard InChI is InChI=1S/C5H8FNO/c1-3(4(2)6)5(7)8/h1-2H3,(H2,7,8)/p+1/b4-3-. The zero-order valence-corrected chi connectivity index (χ0v) is 4.99. The number of rotatable bonds is 1. The van der Waals surface area contributed by atoms with Gasteiger partial charge in [-0.15, -0.1) is 0 Å². The van der Waals surface area contributed by atoms with E-state index in [4.69, 9.17) is 0 Å². The van der Waals surface area contributed by atoms with Gasteiger partial charge in [0.25, 0.3) is 0 Å². The highest BCUT2D eigenvalue weighted by atomic mass is 19.1. The molecule has 46 valence electrons. The Labute approximate surface area is 47.2 Å². The molecule has 0 saturated heterocycles. The molecule has 0 aliphatic carbocycles. The van der Waals surface area contributed by atoms with Crippen LogP contribution in [0.25, 0.3) is 0 Å². The average molecular weight is 118 g/mol. The molecule has 0 aromatic carbocycles. The van der Waals surface area contributed by atoms with Crippen LogP contribution >= 0.6 is 0 Å². The zero-order valence-electron chi connectivity index (χ0n) is 4.99. The zero-order chi connectivity index (χ0) is 6.73. The lowest BCUT2D eigenvalue weighted by molar-refractivity contribution is -0.299. The predicted molar refractivity (Wildman–Crippen MR) is 27.4 cm³/mol. The number of halogens is 1. The van der Waals surface area contributed by atoms with Crippen molar-refractivity contribution in [2.75, 3.05) is 0 Å². The van der Waals surface area contributed by atoms with Crippen molar-refractivity contribution in [3.63, 3.8) is 0 Å². The second-order valence-corrected chi connectivity index (χ2v) is 1.58. The summed E-state index contributed by atoms with van der Waals surface area (Å²) in [7, 11) is 0. The Hall–Kier alpha value is -0.700. The fourth-order valence-corrected chi connectivity index (χ4v) is 0.192. The molecule has 0 saturated carbocycles. The highest BCUT2D eigenvalue weighted by Crippen LogP contribution is 2.00. The van der Waals surface area contributed by atoms with E-state index < -0.39 is 11.7 Å². The first kappa shape index (κ1) is 7.30. The minimum absolute atomic E-state index is 0.102. The molecule has 0 unspecified atom stereocenters. The summed E-state index contributed by atoms with van der Waals surface area (Å²) in [4.78, 5) is 10.2. The van der Waals surface area contributed by atoms with E-state index in [1.807, 2.05) is 0 Å². The first-order chi connectivity index (χ1) is 3.55. The fraction of sp³-hybridized carbons (Fsp3) is 0.400. The van der Waals surface area contributed by atoms with Crippen LogP contribution in [0.15, 0.2) is 11.4 Å². The van der Waals surface area contributed by atoms with Crippen molar-refractivity contribution in [2.45, 2.75) is 13.8 Å². The van der Waals surface area contributed by atoms with Gasteiger partial charge in [-0.05, 0) is 13.8 Å². The van der Waals surface area contributed by atoms with Crippen molar-refractivity contribution >= 4 is 5.91 Å². The third-order valence-corrected chi connectivity index (χ3v) is 0.935. The average Bonchev–Trinajstić information content (AvgIpc) is 1.64. The minimum Gasteiger partial charge on any atom is -0.290 e. The first-order valence-corrected chi connectivity index (χ1v) is 2.25. The molecule has 0 aliphatic heterocycles. The van der Waals surface area contributed by atoms with Crippen molar-refractivity contribution in [1.29, 1.82) is 0 Å². The van der Waals surface area contributed by atoms with Crippen molar-refractivity contribution < 1.29 is 14.9 Å². The molecular formula is C5H9FNO+. The second-order valence-electron chi connectivity index (χ2n) is 1.58. The largest absolute Gasteiger partial charge is 0.339 e. The summed E-state index contributed by atoms with van der Waals surface area (Å²) in [5, 5.41) is 0. The van der Waals surface area contributed by atoms with Crippen LogP contribution in [0.5, 0.6) is 0 Å². The van der Waals surface area contributed by atoms with E-state index >= 15 is 0 Å². The van der Waals surface area contributed by atoms with Gasteiger partial charge < -0.3 is 0 Å². The number of allylic oxidation sites excluding steroid dienone is 1. The lowest BCUT2D eigenvalue weighted by Gasteiger charge is -1.86. The van der Waals surface area contributed by atoms with Crippen LogP contribution in [0.1, 0.15) is 13.8 Å². The van der Waals surface area contributed by atoms with Gasteiger partial charge in [-0.25, -0.2) is 9.18 Å². The first-order valence-electron chi connectivity index (χ1n) is 2.25. The number of hydrogen-bond donors (Lipinski definition) is 1. The maximum absolute atomic E-state index is 12.0. The molecule has 0 spiro atoms. The predicted octanol–water partition coefficient (Wildman–Crippen LogP) is 0.0183. The van der Waals surface area contributed by atoms with E-state index in [9.17, 15) is 9.18 Å². The molecule has 0 fully saturated rings. The van der Waals surface area contributed by atoms with Crippen molar-refractivity contribution in [1.82, 2.24) is 0 Å². The lowest BCUT2D eigenvalue weighted by Crippen LogP contribution is -2.57. The molecule has 0 rings (SSSR count). The molecule has 0 radical (unpaired) electrons. The fourth-order valence-electron chi connectivity index (χ4n) is 0.192. The molecule has 1 amide bonds. The quantitative estimate of drug-likeness (QED) is 0.484. The number of carbonyl (C=O) groups is 1. The Bertz CT molecular complexity index is 135. The summed E-state index contributed by atoms with van der Waals surface area (Å²) >= 11 is 0. The Morgan fingerprint density at radius 1 is 1.50 bits per heavy atom. The van der Waals surface area contributed by atoms with E-state index in [0.717, 1.165) is 0 Å². The van der Waals surface area contributed by atoms with Gasteiger partial charge >= 0.3 is 5.91 Å². The molecule has 0 aliphatic rings. The van der Waals surface area contributed by atoms with E-state index in [0.29, 0.717) is 0 Å². The topological polar surface area (TPSA) is 44.7 Å². The number of quaternary nitrogens is 1. The van der Waals surface area contributed by atoms with Gasteiger partial charge in [0.15, 0.2) is 0 Å². The summed E-state index contributed by atoms with van der Waals surface area (Å²) in [6, 6.07) is 0. The van der Waals surface area contributed by atoms with Crippen LogP contribution in [0.2, 0.25) is 0 Å². The van der Waals surface area contributed by atoms with Gasteiger partial charge in [0, 0.05) is 0 Å². The van der Waals surface area contributed by atoms with Gasteiger partial charge in [-0.1, -0.05) is 0 Å². The molecule has 3 heteroatoms. The Kier molecular flexibility index (Phi) is 2.34. The van der Waals surface area contributed by atoms with Crippen molar-refractivity contribution in [2.24, 2.45) is 0 Å². The summed E-state index contributed by atoms with van der Waals surface area (Å²) in [5.41, 5.74) is 3.12. The van der Waals surface area contributed by atoms with Crippen LogP contribution in [-0.2, 0) is 4.79 Å². The molecule has 0 atom stereocenters. The summed E-state index contributed by atoms with van der Waals surface area (Å²) in [6.45, 7) is 2.64. The van der Waals surface area contributed by atoms with E-state index in [1.165, 1.54) is 13.8 Å². The van der Waals surface area contributed by atoms with Crippen molar-refractivity contribution in [3.8, 4) is 0 Å². The number of carbonyl (C=O) groups excluding carboxylic acids is 1. The van der Waals surface area contributed by atoms with Gasteiger partial charge in [-0.2, -0.15) is 0 Å². The highest BCUT2D eigenvalue weighted by Gasteiger charge is 2.04. The summed E-state index contributed by atoms with van der Waals surface area (Å²) in [6.07, 6.45) is 0. The van der Waals surface area contributed by atoms with Gasteiger partial charge in [-0.3, -0.25) is 5.73 Å². The highest BCUT2D eigenvalue weighted by molar-refractivity contribution is 5.84. The molecule has 8 heavy (non-hydrogen) atoms. The SMILES string of the molecule is C/C(F)=C(\C)C([NH3+])=O. The van der Waals surface area contributed by atoms with E-state index in [2.05, 4.69) is 5.73 Å². The third-order valence-electron chi connectivity index (χ3n) is 0.935. The van der Waals surface area contributed by atoms with E-state index in [1.54, 1.807) is 0 Å². The molecular weight excluding hydrogens is 109 g/mol. The van der Waals surface area contributed by atoms with Crippen molar-refractivity contribution in [3.05, 3.63) is 11.4 Å². The van der Waals surface area contributed by atoms with Gasteiger partial charge in [0.1, 0.15) is 5.83 Å². The summed E-state index contributed by atoms with van der Waals surface area (Å²) in [5.74, 6) is -0.907. The second kappa shape index (κ2) is 2.57. The minimum atomic E-state index is -0.454. The maximum Gasteiger partial charge on any atom is 0.339 e. The molecule has 0 heterocycles. The Morgan fingerprint density at radius 2 is 1.88 bits per heavy atom. The Balaban J connectivity index is 4.23. The number of hydrogen-bond acceptors (Lipinski definition) is 1. The molecule has 0 aromatic heterocycles. The van der Waals surface area contributed by atoms with Crippen LogP contribution in [0.4, 0.5) is 4.39 Å². The van der Waals surface area contributed by atoms with Crippen LogP contribution < -0.4 is 5.73 Å². The smallest absolute Gasteiger partial charge is 0.290 e. The summed E-state index contributed by atoms with van der Waals surface area (Å²) < 4.78 is 12.0. The van der Waals surface area contributed by atoms with Gasteiger partial charge in [0.2, 0.25) is 0 Å². The van der Waals surface area contributed by atoms with Gasteiger partial charge in [0.05, 0.1) is 5.57 Å². The molecule has 0 bridgehead atoms. The Morgan fingerprint density at radius 3 is 1.88 bits per heavy atom. The molecule has 3 N–H and O–H groups in total. The lowest BCUT2D eigenvalue weighted by atomic mass is 10.3. The third kappa shape index (κ3) is 1.84. The molecule has 0 aromatic rings. The molecule has 2 nitrogen and oxygen atoms in total. The van der Waals surface area contributed by atoms with Crippen LogP contribution in [0, 0.1) is 0 Å². The normalized spacial score (nSPS) is 13.0. The number of amides is 1. The van der Waals surface area contributed by atoms with E-state index in [-0.39, 0.29) is 5.57 Å². The monoisotopic (exact) mass is 118 g/mol. The van der Waals surface area contributed by atoms with Crippen LogP contribution in [0.3, 0.4) is 0 Å². The van der Waals surface area contributed by atoms with Crippen LogP contribution in [-0.4, -0.2) is 5.91 Å².